The highest BCUT2D eigenvalue weighted by Crippen LogP contribution is 1.71. The molecule has 2 heteroatoms. The summed E-state index contributed by atoms with van der Waals surface area (Å²) in [5, 5.41) is -0.222. The van der Waals surface area contributed by atoms with Crippen LogP contribution in [0.4, 0.5) is 0 Å². The van der Waals surface area contributed by atoms with Crippen LogP contribution in [-0.4, -0.2) is 5.37 Å². The Morgan fingerprint density at radius 3 is 2.00 bits per heavy atom. The van der Waals surface area contributed by atoms with Crippen LogP contribution in [0.3, 0.4) is 0 Å². The molecule has 1 nitrogen and oxygen atoms in total. The van der Waals surface area contributed by atoms with E-state index in [-0.39, 0.29) is 5.37 Å². The van der Waals surface area contributed by atoms with Gasteiger partial charge in [0, 0.05) is 5.37 Å². The predicted molar refractivity (Wildman–Crippen MR) is 22.3 cm³/mol. The fraction of sp³-hybridized carbons (Fsp3) is 0.500. The van der Waals surface area contributed by atoms with Gasteiger partial charge in [-0.05, 0) is 6.92 Å². The second-order valence-corrected chi connectivity index (χ2v) is 1.23. The van der Waals surface area contributed by atoms with Gasteiger partial charge in [0.2, 0.25) is 0 Å². The molecule has 0 spiro atoms. The quantitative estimate of drug-likeness (QED) is 0.309. The molecule has 0 aromatic rings. The van der Waals surface area contributed by atoms with Crippen LogP contribution >= 0.6 is 12.6 Å². The summed E-state index contributed by atoms with van der Waals surface area (Å²) in [6.07, 6.45) is 0. The Hall–Kier alpha value is 0.310. The van der Waals surface area contributed by atoms with E-state index in [0.717, 1.165) is 0 Å². The zero-order valence-electron chi connectivity index (χ0n) is 2.31. The van der Waals surface area contributed by atoms with E-state index in [2.05, 4.69) is 19.6 Å². The van der Waals surface area contributed by atoms with Crippen molar-refractivity contribution in [2.75, 3.05) is 0 Å². The summed E-state index contributed by atoms with van der Waals surface area (Å²) in [7, 11) is 0. The van der Waals surface area contributed by atoms with Gasteiger partial charge in [-0.25, -0.2) is 0 Å². The molecular formula is C2H6NS. The minimum atomic E-state index is -0.222. The van der Waals surface area contributed by atoms with Crippen molar-refractivity contribution in [3.05, 3.63) is 6.92 Å². The zero-order valence-corrected chi connectivity index (χ0v) is 3.20. The maximum Gasteiger partial charge on any atom is 0.0478 e. The molecule has 1 radical (unpaired) electrons. The largest absolute Gasteiger partial charge is 0.320 e. The Morgan fingerprint density at radius 1 is 2.00 bits per heavy atom. The fourth-order valence-corrected chi connectivity index (χ4v) is 0. The number of nitrogens with two attached hydrogens (primary N) is 1. The minimum Gasteiger partial charge on any atom is -0.320 e. The predicted octanol–water partition coefficient (Wildman–Crippen LogP) is 0.0351. The summed E-state index contributed by atoms with van der Waals surface area (Å²) >= 11 is 3.63. The standard InChI is InChI=1S/C2H6NS/c1-2(3)4/h2,4H,1,3H2. The number of hydrogen-bond donors (Lipinski definition) is 2. The lowest BCUT2D eigenvalue weighted by molar-refractivity contribution is 1.17. The van der Waals surface area contributed by atoms with Crippen molar-refractivity contribution in [1.82, 2.24) is 0 Å². The van der Waals surface area contributed by atoms with Crippen LogP contribution in [0, 0.1) is 6.92 Å². The van der Waals surface area contributed by atoms with Crippen molar-refractivity contribution >= 4 is 12.6 Å². The lowest BCUT2D eigenvalue weighted by Crippen LogP contribution is -2.03. The highest BCUT2D eigenvalue weighted by atomic mass is 32.1. The Kier molecular flexibility index (Phi) is 1.74. The van der Waals surface area contributed by atoms with E-state index < -0.39 is 0 Å². The monoisotopic (exact) mass is 76.0 g/mol. The Morgan fingerprint density at radius 2 is 2.00 bits per heavy atom. The van der Waals surface area contributed by atoms with Gasteiger partial charge in [-0.1, -0.05) is 0 Å². The van der Waals surface area contributed by atoms with Gasteiger partial charge < -0.3 is 5.73 Å². The van der Waals surface area contributed by atoms with Crippen molar-refractivity contribution < 1.29 is 0 Å². The normalized spacial score (nSPS) is 15.8. The third-order valence-electron chi connectivity index (χ3n) is 0. The first-order valence-electron chi connectivity index (χ1n) is 1.000. The van der Waals surface area contributed by atoms with Crippen LogP contribution in [0.1, 0.15) is 0 Å². The topological polar surface area (TPSA) is 26.0 Å². The van der Waals surface area contributed by atoms with E-state index >= 15 is 0 Å². The van der Waals surface area contributed by atoms with Gasteiger partial charge in [0.05, 0.1) is 0 Å². The van der Waals surface area contributed by atoms with Gasteiger partial charge in [0.25, 0.3) is 0 Å². The van der Waals surface area contributed by atoms with E-state index in [9.17, 15) is 0 Å². The first kappa shape index (κ1) is 4.31. The van der Waals surface area contributed by atoms with Crippen molar-refractivity contribution in [2.45, 2.75) is 5.37 Å². The maximum absolute atomic E-state index is 4.86. The lowest BCUT2D eigenvalue weighted by atomic mass is 10.8. The van der Waals surface area contributed by atoms with Crippen LogP contribution in [0.15, 0.2) is 0 Å². The Balaban J connectivity index is 2.32. The minimum absolute atomic E-state index is 0.222. The molecule has 2 N–H and O–H groups in total. The van der Waals surface area contributed by atoms with Crippen LogP contribution < -0.4 is 5.73 Å². The molecule has 0 aliphatic heterocycles. The van der Waals surface area contributed by atoms with E-state index in [1.165, 1.54) is 0 Å². The van der Waals surface area contributed by atoms with Crippen LogP contribution in [0.25, 0.3) is 0 Å². The van der Waals surface area contributed by atoms with E-state index in [1.54, 1.807) is 0 Å². The summed E-state index contributed by atoms with van der Waals surface area (Å²) in [6, 6.07) is 0. The van der Waals surface area contributed by atoms with Gasteiger partial charge in [-0.15, -0.1) is 0 Å². The zero-order chi connectivity index (χ0) is 3.58. The van der Waals surface area contributed by atoms with Crippen molar-refractivity contribution in [1.29, 1.82) is 0 Å². The molecule has 0 aromatic carbocycles. The smallest absolute Gasteiger partial charge is 0.0478 e. The van der Waals surface area contributed by atoms with E-state index in [0.29, 0.717) is 0 Å². The molecule has 1 unspecified atom stereocenters. The van der Waals surface area contributed by atoms with Crippen molar-refractivity contribution in [2.24, 2.45) is 5.73 Å². The molecule has 25 valence electrons. The third kappa shape index (κ3) is 41.3. The molecule has 0 amide bonds. The molecule has 0 fully saturated rings. The third-order valence-corrected chi connectivity index (χ3v) is 0. The summed E-state index contributed by atoms with van der Waals surface area (Å²) in [5.41, 5.74) is 4.86. The number of rotatable bonds is 0. The second kappa shape index (κ2) is 1.61. The fourth-order valence-electron chi connectivity index (χ4n) is 0. The molecule has 0 rings (SSSR count). The van der Waals surface area contributed by atoms with Crippen LogP contribution in [-0.2, 0) is 0 Å². The molecule has 4 heavy (non-hydrogen) atoms. The van der Waals surface area contributed by atoms with Gasteiger partial charge >= 0.3 is 0 Å². The van der Waals surface area contributed by atoms with Gasteiger partial charge in [-0.2, -0.15) is 12.6 Å². The molecule has 0 saturated carbocycles. The molecular weight excluding hydrogens is 70.1 g/mol. The van der Waals surface area contributed by atoms with Crippen molar-refractivity contribution in [3.63, 3.8) is 0 Å². The first-order valence-corrected chi connectivity index (χ1v) is 1.52. The average Bonchev–Trinajstić information content (AvgIpc) is 0.811. The Bertz CT molecular complexity index is 10.8. The molecule has 0 saturated heterocycles. The molecule has 0 heterocycles. The van der Waals surface area contributed by atoms with E-state index in [1.807, 2.05) is 0 Å². The molecule has 0 bridgehead atoms. The first-order chi connectivity index (χ1) is 1.73. The van der Waals surface area contributed by atoms with Gasteiger partial charge in [-0.3, -0.25) is 0 Å². The van der Waals surface area contributed by atoms with Gasteiger partial charge in [0.1, 0.15) is 0 Å². The average molecular weight is 76.1 g/mol. The summed E-state index contributed by atoms with van der Waals surface area (Å²) in [6.45, 7) is 3.28. The van der Waals surface area contributed by atoms with Crippen LogP contribution in [0.2, 0.25) is 0 Å². The molecule has 0 aliphatic rings. The highest BCUT2D eigenvalue weighted by Gasteiger charge is 1.68. The molecule has 0 aliphatic carbocycles. The summed E-state index contributed by atoms with van der Waals surface area (Å²) < 4.78 is 0. The number of hydrogen-bond acceptors (Lipinski definition) is 2. The second-order valence-electron chi connectivity index (χ2n) is 0.567. The lowest BCUT2D eigenvalue weighted by Gasteiger charge is -1.80. The SMILES string of the molecule is [CH2]C(N)S. The highest BCUT2D eigenvalue weighted by molar-refractivity contribution is 7.81. The molecule has 1 atom stereocenters. The maximum atomic E-state index is 4.86. The van der Waals surface area contributed by atoms with Crippen LogP contribution in [0.5, 0.6) is 0 Å². The Labute approximate surface area is 31.6 Å². The molecule has 0 aromatic heterocycles. The number of thiol groups is 1. The summed E-state index contributed by atoms with van der Waals surface area (Å²) in [4.78, 5) is 0. The summed E-state index contributed by atoms with van der Waals surface area (Å²) in [5.74, 6) is 0. The van der Waals surface area contributed by atoms with Gasteiger partial charge in [0.15, 0.2) is 0 Å². The van der Waals surface area contributed by atoms with Crippen molar-refractivity contribution in [3.8, 4) is 0 Å². The van der Waals surface area contributed by atoms with E-state index in [4.69, 9.17) is 5.73 Å².